The van der Waals surface area contributed by atoms with Crippen LogP contribution >= 0.6 is 50.2 Å². The van der Waals surface area contributed by atoms with Crippen molar-refractivity contribution in [2.45, 2.75) is 19.4 Å². The lowest BCUT2D eigenvalue weighted by atomic mass is 10.2. The van der Waals surface area contributed by atoms with Crippen molar-refractivity contribution in [1.82, 2.24) is 5.32 Å². The van der Waals surface area contributed by atoms with Crippen molar-refractivity contribution >= 4 is 50.2 Å². The van der Waals surface area contributed by atoms with Crippen molar-refractivity contribution in [2.75, 3.05) is 6.54 Å². The normalized spacial score (nSPS) is 12.9. The van der Waals surface area contributed by atoms with Crippen LogP contribution in [0.2, 0.25) is 4.34 Å². The molecule has 0 aliphatic carbocycles. The van der Waals surface area contributed by atoms with E-state index in [4.69, 9.17) is 11.6 Å². The third-order valence-corrected chi connectivity index (χ3v) is 5.85. The van der Waals surface area contributed by atoms with E-state index in [2.05, 4.69) is 51.7 Å². The van der Waals surface area contributed by atoms with Crippen molar-refractivity contribution < 1.29 is 0 Å². The Labute approximate surface area is 123 Å². The maximum atomic E-state index is 6.12. The molecule has 0 saturated heterocycles. The predicted octanol–water partition coefficient (Wildman–Crippen LogP) is 5.31. The summed E-state index contributed by atoms with van der Waals surface area (Å²) in [6.45, 7) is 3.19. The standard InChI is InChI=1S/C12H13BrClNS2/c1-2-5-15-11(9-4-3-6-16-9)10-7-8(13)12(14)17-10/h3-4,6-7,11,15H,2,5H2,1H3. The van der Waals surface area contributed by atoms with E-state index in [-0.39, 0.29) is 6.04 Å². The molecule has 1 unspecified atom stereocenters. The van der Waals surface area contributed by atoms with E-state index in [1.165, 1.54) is 9.75 Å². The molecule has 2 rings (SSSR count). The molecular formula is C12H13BrClNS2. The number of halogens is 2. The van der Waals surface area contributed by atoms with Crippen LogP contribution in [0.4, 0.5) is 0 Å². The summed E-state index contributed by atoms with van der Waals surface area (Å²) in [6.07, 6.45) is 1.13. The molecule has 5 heteroatoms. The van der Waals surface area contributed by atoms with Gasteiger partial charge >= 0.3 is 0 Å². The second kappa shape index (κ2) is 6.34. The average molecular weight is 351 g/mol. The molecular weight excluding hydrogens is 338 g/mol. The SMILES string of the molecule is CCCNC(c1cccs1)c1cc(Br)c(Cl)s1. The Morgan fingerprint density at radius 3 is 2.82 bits per heavy atom. The fourth-order valence-electron chi connectivity index (χ4n) is 1.59. The van der Waals surface area contributed by atoms with E-state index in [1.54, 1.807) is 22.7 Å². The van der Waals surface area contributed by atoms with Gasteiger partial charge in [0.25, 0.3) is 0 Å². The van der Waals surface area contributed by atoms with Gasteiger partial charge in [-0.3, -0.25) is 0 Å². The molecule has 2 heterocycles. The smallest absolute Gasteiger partial charge is 0.107 e. The van der Waals surface area contributed by atoms with Crippen LogP contribution in [-0.2, 0) is 0 Å². The molecule has 17 heavy (non-hydrogen) atoms. The van der Waals surface area contributed by atoms with Crippen molar-refractivity contribution in [1.29, 1.82) is 0 Å². The predicted molar refractivity (Wildman–Crippen MR) is 81.5 cm³/mol. The summed E-state index contributed by atoms with van der Waals surface area (Å²) in [5.41, 5.74) is 0. The van der Waals surface area contributed by atoms with E-state index in [0.717, 1.165) is 21.8 Å². The van der Waals surface area contributed by atoms with Crippen molar-refractivity contribution in [3.05, 3.63) is 42.1 Å². The maximum absolute atomic E-state index is 6.12. The lowest BCUT2D eigenvalue weighted by Gasteiger charge is -2.15. The van der Waals surface area contributed by atoms with Crippen LogP contribution in [-0.4, -0.2) is 6.54 Å². The van der Waals surface area contributed by atoms with E-state index in [1.807, 2.05) is 0 Å². The van der Waals surface area contributed by atoms with E-state index in [0.29, 0.717) is 0 Å². The second-order valence-electron chi connectivity index (χ2n) is 3.67. The molecule has 2 aromatic rings. The highest BCUT2D eigenvalue weighted by molar-refractivity contribution is 9.10. The molecule has 0 saturated carbocycles. The van der Waals surface area contributed by atoms with Gasteiger partial charge in [-0.15, -0.1) is 22.7 Å². The third-order valence-electron chi connectivity index (χ3n) is 2.37. The zero-order valence-corrected chi connectivity index (χ0v) is 13.3. The number of rotatable bonds is 5. The minimum absolute atomic E-state index is 0.267. The van der Waals surface area contributed by atoms with Crippen molar-refractivity contribution in [2.24, 2.45) is 0 Å². The molecule has 1 N–H and O–H groups in total. The fourth-order valence-corrected chi connectivity index (χ4v) is 4.31. The van der Waals surface area contributed by atoms with Gasteiger partial charge < -0.3 is 5.32 Å². The number of hydrogen-bond donors (Lipinski definition) is 1. The third kappa shape index (κ3) is 3.32. The molecule has 92 valence electrons. The molecule has 1 nitrogen and oxygen atoms in total. The van der Waals surface area contributed by atoms with Gasteiger partial charge in [-0.05, 0) is 46.4 Å². The molecule has 0 bridgehead atoms. The van der Waals surface area contributed by atoms with Crippen LogP contribution in [0.25, 0.3) is 0 Å². The van der Waals surface area contributed by atoms with Crippen LogP contribution in [0.3, 0.4) is 0 Å². The first-order valence-corrected chi connectivity index (χ1v) is 8.30. The molecule has 0 aliphatic rings. The fraction of sp³-hybridized carbons (Fsp3) is 0.333. The Morgan fingerprint density at radius 1 is 1.47 bits per heavy atom. The van der Waals surface area contributed by atoms with Gasteiger partial charge in [-0.1, -0.05) is 24.6 Å². The van der Waals surface area contributed by atoms with Crippen LogP contribution in [0.5, 0.6) is 0 Å². The number of nitrogens with one attached hydrogen (secondary N) is 1. The van der Waals surface area contributed by atoms with Gasteiger partial charge in [0.15, 0.2) is 0 Å². The molecule has 0 amide bonds. The van der Waals surface area contributed by atoms with Crippen LogP contribution in [0.1, 0.15) is 29.1 Å². The highest BCUT2D eigenvalue weighted by atomic mass is 79.9. The topological polar surface area (TPSA) is 12.0 Å². The van der Waals surface area contributed by atoms with E-state index >= 15 is 0 Å². The van der Waals surface area contributed by atoms with Gasteiger partial charge in [0.1, 0.15) is 4.34 Å². The molecule has 2 aromatic heterocycles. The summed E-state index contributed by atoms with van der Waals surface area (Å²) in [6, 6.07) is 6.63. The number of thiophene rings is 2. The Bertz CT molecular complexity index is 447. The summed E-state index contributed by atoms with van der Waals surface area (Å²) < 4.78 is 1.80. The van der Waals surface area contributed by atoms with Crippen LogP contribution in [0, 0.1) is 0 Å². The Morgan fingerprint density at radius 2 is 2.29 bits per heavy atom. The Balaban J connectivity index is 2.26. The van der Waals surface area contributed by atoms with Crippen molar-refractivity contribution in [3.63, 3.8) is 0 Å². The van der Waals surface area contributed by atoms with Crippen LogP contribution < -0.4 is 5.32 Å². The summed E-state index contributed by atoms with van der Waals surface area (Å²) in [4.78, 5) is 2.60. The molecule has 0 spiro atoms. The second-order valence-corrected chi connectivity index (χ2v) is 7.19. The summed E-state index contributed by atoms with van der Waals surface area (Å²) in [7, 11) is 0. The quantitative estimate of drug-likeness (QED) is 0.770. The van der Waals surface area contributed by atoms with Crippen LogP contribution in [0.15, 0.2) is 28.1 Å². The molecule has 0 fully saturated rings. The highest BCUT2D eigenvalue weighted by Gasteiger charge is 2.18. The first kappa shape index (κ1) is 13.6. The lowest BCUT2D eigenvalue weighted by molar-refractivity contribution is 0.613. The van der Waals surface area contributed by atoms with E-state index in [9.17, 15) is 0 Å². The first-order chi connectivity index (χ1) is 8.22. The zero-order valence-electron chi connectivity index (χ0n) is 9.37. The van der Waals surface area contributed by atoms with Gasteiger partial charge in [-0.25, -0.2) is 0 Å². The highest BCUT2D eigenvalue weighted by Crippen LogP contribution is 2.38. The molecule has 0 aliphatic heterocycles. The molecule has 0 radical (unpaired) electrons. The minimum atomic E-state index is 0.267. The monoisotopic (exact) mass is 349 g/mol. The van der Waals surface area contributed by atoms with Crippen molar-refractivity contribution in [3.8, 4) is 0 Å². The molecule has 1 atom stereocenters. The van der Waals surface area contributed by atoms with Gasteiger partial charge in [0, 0.05) is 14.2 Å². The zero-order chi connectivity index (χ0) is 12.3. The Hall–Kier alpha value is 0.130. The summed E-state index contributed by atoms with van der Waals surface area (Å²) in [5.74, 6) is 0. The number of hydrogen-bond acceptors (Lipinski definition) is 3. The first-order valence-electron chi connectivity index (χ1n) is 5.44. The summed E-state index contributed by atoms with van der Waals surface area (Å²) in [5, 5.41) is 5.68. The Kier molecular flexibility index (Phi) is 5.06. The van der Waals surface area contributed by atoms with Gasteiger partial charge in [0.05, 0.1) is 6.04 Å². The van der Waals surface area contributed by atoms with E-state index < -0.39 is 0 Å². The lowest BCUT2D eigenvalue weighted by Crippen LogP contribution is -2.21. The maximum Gasteiger partial charge on any atom is 0.107 e. The molecule has 0 aromatic carbocycles. The average Bonchev–Trinajstić information content (AvgIpc) is 2.92. The minimum Gasteiger partial charge on any atom is -0.305 e. The summed E-state index contributed by atoms with van der Waals surface area (Å²) >= 11 is 13.0. The largest absolute Gasteiger partial charge is 0.305 e. The van der Waals surface area contributed by atoms with Gasteiger partial charge in [-0.2, -0.15) is 0 Å². The van der Waals surface area contributed by atoms with Gasteiger partial charge in [0.2, 0.25) is 0 Å².